The highest BCUT2D eigenvalue weighted by Gasteiger charge is 2.28. The Kier molecular flexibility index (Phi) is 6.68. The Morgan fingerprint density at radius 1 is 1.18 bits per heavy atom. The molecule has 0 saturated heterocycles. The van der Waals surface area contributed by atoms with E-state index in [4.69, 9.17) is 10.2 Å². The molecule has 1 aromatic heterocycles. The van der Waals surface area contributed by atoms with Crippen molar-refractivity contribution in [1.29, 1.82) is 0 Å². The van der Waals surface area contributed by atoms with Crippen LogP contribution < -0.4 is 10.9 Å². The van der Waals surface area contributed by atoms with Gasteiger partial charge in [-0.2, -0.15) is 0 Å². The van der Waals surface area contributed by atoms with Crippen LogP contribution in [0.1, 0.15) is 19.0 Å². The largest absolute Gasteiger partial charge is 0.481 e. The van der Waals surface area contributed by atoms with Gasteiger partial charge in [-0.15, -0.1) is 11.8 Å². The zero-order valence-corrected chi connectivity index (χ0v) is 16.4. The van der Waals surface area contributed by atoms with Gasteiger partial charge in [-0.05, 0) is 26.0 Å². The minimum absolute atomic E-state index is 0.0916. The number of carboxylic acid groups (broad SMARTS) is 2. The van der Waals surface area contributed by atoms with E-state index < -0.39 is 40.3 Å². The van der Waals surface area contributed by atoms with E-state index in [2.05, 4.69) is 5.32 Å². The van der Waals surface area contributed by atoms with Gasteiger partial charge in [0, 0.05) is 7.05 Å². The Labute approximate surface area is 164 Å². The second-order valence-corrected chi connectivity index (χ2v) is 7.68. The predicted octanol–water partition coefficient (Wildman–Crippen LogP) is 1.47. The highest BCUT2D eigenvalue weighted by molar-refractivity contribution is 8.01. The maximum absolute atomic E-state index is 12.8. The molecule has 0 radical (unpaired) electrons. The number of carbonyl (C=O) groups excluding carboxylic acids is 1. The average Bonchev–Trinajstić information content (AvgIpc) is 2.84. The molecule has 0 spiro atoms. The van der Waals surface area contributed by atoms with Crippen molar-refractivity contribution < 1.29 is 24.6 Å². The molecule has 10 heteroatoms. The molecule has 0 aliphatic carbocycles. The fraction of sp³-hybridized carbons (Fsp3) is 0.333. The van der Waals surface area contributed by atoms with Crippen LogP contribution in [0, 0.1) is 6.92 Å². The predicted molar refractivity (Wildman–Crippen MR) is 105 cm³/mol. The van der Waals surface area contributed by atoms with Gasteiger partial charge >= 0.3 is 11.9 Å². The van der Waals surface area contributed by atoms with Crippen LogP contribution in [0.15, 0.2) is 35.1 Å². The van der Waals surface area contributed by atoms with Crippen LogP contribution in [0.25, 0.3) is 5.69 Å². The van der Waals surface area contributed by atoms with E-state index in [1.54, 1.807) is 42.9 Å². The molecule has 2 aromatic rings. The lowest BCUT2D eigenvalue weighted by Gasteiger charge is -2.15. The molecule has 1 aromatic carbocycles. The van der Waals surface area contributed by atoms with E-state index in [0.29, 0.717) is 11.4 Å². The third-order valence-corrected chi connectivity index (χ3v) is 5.49. The summed E-state index contributed by atoms with van der Waals surface area (Å²) < 4.78 is 3.02. The molecule has 0 fully saturated rings. The number of amides is 1. The number of anilines is 1. The second kappa shape index (κ2) is 8.79. The molecule has 1 amide bonds. The third kappa shape index (κ3) is 4.63. The highest BCUT2D eigenvalue weighted by atomic mass is 32.2. The Hall–Kier alpha value is -3.01. The lowest BCUT2D eigenvalue weighted by atomic mass is 10.3. The van der Waals surface area contributed by atoms with Crippen molar-refractivity contribution in [3.63, 3.8) is 0 Å². The number of aliphatic carboxylic acids is 2. The molecule has 9 nitrogen and oxygen atoms in total. The molecular formula is C18H21N3O6S. The number of para-hydroxylation sites is 1. The summed E-state index contributed by atoms with van der Waals surface area (Å²) in [6.45, 7) is 3.14. The molecular weight excluding hydrogens is 386 g/mol. The normalized spacial score (nSPS) is 13.0. The van der Waals surface area contributed by atoms with E-state index in [0.717, 1.165) is 11.8 Å². The Balaban J connectivity index is 2.23. The lowest BCUT2D eigenvalue weighted by Crippen LogP contribution is -2.30. The molecule has 28 heavy (non-hydrogen) atoms. The van der Waals surface area contributed by atoms with Gasteiger partial charge in [-0.3, -0.25) is 23.9 Å². The summed E-state index contributed by atoms with van der Waals surface area (Å²) in [5.74, 6) is -3.15. The number of rotatable bonds is 8. The molecule has 150 valence electrons. The molecule has 0 bridgehead atoms. The number of hydrogen-bond acceptors (Lipinski definition) is 5. The summed E-state index contributed by atoms with van der Waals surface area (Å²) in [5, 5.41) is 18.3. The molecule has 2 atom stereocenters. The van der Waals surface area contributed by atoms with Gasteiger partial charge < -0.3 is 15.5 Å². The summed E-state index contributed by atoms with van der Waals surface area (Å²) >= 11 is 0.720. The average molecular weight is 407 g/mol. The minimum Gasteiger partial charge on any atom is -0.481 e. The smallest absolute Gasteiger partial charge is 0.317 e. The van der Waals surface area contributed by atoms with E-state index in [1.807, 2.05) is 6.07 Å². The molecule has 0 unspecified atom stereocenters. The first-order valence-corrected chi connectivity index (χ1v) is 9.32. The van der Waals surface area contributed by atoms with Crippen LogP contribution >= 0.6 is 11.8 Å². The van der Waals surface area contributed by atoms with Crippen molar-refractivity contribution in [3.05, 3.63) is 46.4 Å². The number of aromatic nitrogens is 2. The summed E-state index contributed by atoms with van der Waals surface area (Å²) in [6.07, 6.45) is -0.608. The zero-order valence-electron chi connectivity index (χ0n) is 15.6. The molecule has 2 rings (SSSR count). The van der Waals surface area contributed by atoms with E-state index in [1.165, 1.54) is 11.6 Å². The van der Waals surface area contributed by atoms with Crippen LogP contribution in [0.5, 0.6) is 0 Å². The SMILES string of the molecule is Cc1c(NC(=O)[C@@H](C)S[C@H](CC(=O)O)C(=O)O)c(=O)n(-c2ccccc2)n1C. The lowest BCUT2D eigenvalue weighted by molar-refractivity contribution is -0.142. The molecule has 0 aliphatic heterocycles. The molecule has 0 aliphatic rings. The Morgan fingerprint density at radius 2 is 1.79 bits per heavy atom. The van der Waals surface area contributed by atoms with Crippen molar-refractivity contribution in [3.8, 4) is 5.69 Å². The molecule has 1 heterocycles. The van der Waals surface area contributed by atoms with Crippen molar-refractivity contribution in [2.75, 3.05) is 5.32 Å². The topological polar surface area (TPSA) is 131 Å². The number of benzene rings is 1. The van der Waals surface area contributed by atoms with Crippen LogP contribution in [-0.4, -0.2) is 47.9 Å². The van der Waals surface area contributed by atoms with Gasteiger partial charge in [0.25, 0.3) is 5.56 Å². The highest BCUT2D eigenvalue weighted by Crippen LogP contribution is 2.23. The van der Waals surface area contributed by atoms with Crippen LogP contribution in [0.3, 0.4) is 0 Å². The third-order valence-electron chi connectivity index (χ3n) is 4.18. The van der Waals surface area contributed by atoms with Gasteiger partial charge in [0.2, 0.25) is 5.91 Å². The quantitative estimate of drug-likeness (QED) is 0.604. The Morgan fingerprint density at radius 3 is 2.32 bits per heavy atom. The van der Waals surface area contributed by atoms with E-state index >= 15 is 0 Å². The van der Waals surface area contributed by atoms with Gasteiger partial charge in [0.15, 0.2) is 0 Å². The van der Waals surface area contributed by atoms with E-state index in [-0.39, 0.29) is 5.69 Å². The summed E-state index contributed by atoms with van der Waals surface area (Å²) in [7, 11) is 1.69. The standard InChI is InChI=1S/C18H21N3O6S/c1-10-15(17(25)21(20(10)3)12-7-5-4-6-8-12)19-16(24)11(2)28-13(18(26)27)9-14(22)23/h4-8,11,13H,9H2,1-3H3,(H,19,24)(H,22,23)(H,26,27)/t11-,13-/m1/s1. The van der Waals surface area contributed by atoms with Crippen molar-refractivity contribution in [2.45, 2.75) is 30.8 Å². The number of carboxylic acids is 2. The monoisotopic (exact) mass is 407 g/mol. The van der Waals surface area contributed by atoms with Gasteiger partial charge in [0.1, 0.15) is 10.9 Å². The summed E-state index contributed by atoms with van der Waals surface area (Å²) in [4.78, 5) is 47.3. The number of hydrogen-bond donors (Lipinski definition) is 3. The summed E-state index contributed by atoms with van der Waals surface area (Å²) in [6, 6.07) is 8.91. The van der Waals surface area contributed by atoms with Crippen molar-refractivity contribution >= 4 is 35.3 Å². The molecule has 3 N–H and O–H groups in total. The maximum atomic E-state index is 12.8. The second-order valence-electron chi connectivity index (χ2n) is 6.13. The van der Waals surface area contributed by atoms with Gasteiger partial charge in [0.05, 0.1) is 23.1 Å². The van der Waals surface area contributed by atoms with Crippen molar-refractivity contribution in [2.24, 2.45) is 7.05 Å². The minimum atomic E-state index is -1.31. The van der Waals surface area contributed by atoms with E-state index in [9.17, 15) is 19.2 Å². The fourth-order valence-corrected chi connectivity index (χ4v) is 3.63. The van der Waals surface area contributed by atoms with Crippen LogP contribution in [-0.2, 0) is 21.4 Å². The Bertz CT molecular complexity index is 950. The molecule has 0 saturated carbocycles. The fourth-order valence-electron chi connectivity index (χ4n) is 2.60. The van der Waals surface area contributed by atoms with Gasteiger partial charge in [-0.25, -0.2) is 4.68 Å². The van der Waals surface area contributed by atoms with Crippen LogP contribution in [0.2, 0.25) is 0 Å². The number of thioether (sulfide) groups is 1. The van der Waals surface area contributed by atoms with Crippen LogP contribution in [0.4, 0.5) is 5.69 Å². The van der Waals surface area contributed by atoms with Crippen molar-refractivity contribution in [1.82, 2.24) is 9.36 Å². The number of nitrogens with one attached hydrogen (secondary N) is 1. The van der Waals surface area contributed by atoms with Gasteiger partial charge in [-0.1, -0.05) is 18.2 Å². The summed E-state index contributed by atoms with van der Waals surface area (Å²) in [5.41, 5.74) is 0.833. The number of nitrogens with zero attached hydrogens (tertiary/aromatic N) is 2. The first kappa shape index (κ1) is 21.3. The zero-order chi connectivity index (χ0) is 21.0. The first-order valence-electron chi connectivity index (χ1n) is 8.38. The maximum Gasteiger partial charge on any atom is 0.317 e. The number of carbonyl (C=O) groups is 3. The first-order chi connectivity index (χ1) is 13.1.